The second kappa shape index (κ2) is 6.90. The van der Waals surface area contributed by atoms with Crippen molar-refractivity contribution in [3.8, 4) is 5.75 Å². The summed E-state index contributed by atoms with van der Waals surface area (Å²) in [6, 6.07) is 9.84. The van der Waals surface area contributed by atoms with Crippen molar-refractivity contribution in [3.63, 3.8) is 0 Å². The minimum atomic E-state index is -1.22. The van der Waals surface area contributed by atoms with Crippen LogP contribution in [0.3, 0.4) is 0 Å². The lowest BCUT2D eigenvalue weighted by molar-refractivity contribution is -0.0510. The van der Waals surface area contributed by atoms with Crippen LogP contribution in [0.2, 0.25) is 0 Å². The molecule has 3 rings (SSSR count). The normalized spacial score (nSPS) is 14.2. The lowest BCUT2D eigenvalue weighted by atomic mass is 10.1. The maximum absolute atomic E-state index is 13.5. The average Bonchev–Trinajstić information content (AvgIpc) is 2.54. The van der Waals surface area contributed by atoms with E-state index in [0.717, 1.165) is 6.07 Å². The molecule has 1 aliphatic rings. The fourth-order valence-electron chi connectivity index (χ4n) is 2.57. The Morgan fingerprint density at radius 2 is 1.84 bits per heavy atom. The molecule has 0 spiro atoms. The topological polar surface area (TPSA) is 87.1 Å². The van der Waals surface area contributed by atoms with Gasteiger partial charge in [-0.05, 0) is 24.3 Å². The Kier molecular flexibility index (Phi) is 4.67. The molecule has 1 amide bonds. The van der Waals surface area contributed by atoms with Gasteiger partial charge >= 0.3 is 5.97 Å². The molecule has 0 unspecified atom stereocenters. The molecule has 1 fully saturated rings. The zero-order valence-corrected chi connectivity index (χ0v) is 13.2. The standard InChI is InChI=1S/C18H16FNO5/c19-16-4-2-1-3-11(16)10-25-15-8-20(9-15)17(22)12-5-13(18(23)24)7-14(21)6-12/h1-7,15,21H,8-10H2,(H,23,24). The van der Waals surface area contributed by atoms with Crippen LogP contribution in [0.5, 0.6) is 5.75 Å². The number of likely N-dealkylation sites (tertiary alicyclic amines) is 1. The number of carboxylic acids is 1. The van der Waals surface area contributed by atoms with Gasteiger partial charge in [-0.1, -0.05) is 18.2 Å². The molecule has 2 aromatic rings. The highest BCUT2D eigenvalue weighted by molar-refractivity contribution is 5.98. The van der Waals surface area contributed by atoms with Crippen molar-refractivity contribution in [1.29, 1.82) is 0 Å². The van der Waals surface area contributed by atoms with Crippen LogP contribution in [0, 0.1) is 5.82 Å². The first-order valence-electron chi connectivity index (χ1n) is 7.65. The van der Waals surface area contributed by atoms with Crippen molar-refractivity contribution in [2.75, 3.05) is 13.1 Å². The monoisotopic (exact) mass is 345 g/mol. The van der Waals surface area contributed by atoms with Crippen LogP contribution < -0.4 is 0 Å². The number of hydrogen-bond donors (Lipinski definition) is 2. The van der Waals surface area contributed by atoms with E-state index < -0.39 is 5.97 Å². The Morgan fingerprint density at radius 3 is 2.52 bits per heavy atom. The van der Waals surface area contributed by atoms with Crippen LogP contribution in [-0.2, 0) is 11.3 Å². The highest BCUT2D eigenvalue weighted by Gasteiger charge is 2.32. The molecule has 0 saturated carbocycles. The Bertz CT molecular complexity index is 817. The van der Waals surface area contributed by atoms with Crippen LogP contribution >= 0.6 is 0 Å². The van der Waals surface area contributed by atoms with E-state index in [2.05, 4.69) is 0 Å². The summed E-state index contributed by atoms with van der Waals surface area (Å²) < 4.78 is 19.1. The number of carbonyl (C=O) groups excluding carboxylic acids is 1. The molecular formula is C18H16FNO5. The van der Waals surface area contributed by atoms with E-state index in [-0.39, 0.29) is 41.3 Å². The summed E-state index contributed by atoms with van der Waals surface area (Å²) >= 11 is 0. The second-order valence-electron chi connectivity index (χ2n) is 5.81. The predicted octanol–water partition coefficient (Wildman–Crippen LogP) is 2.27. The Labute approximate surface area is 143 Å². The summed E-state index contributed by atoms with van der Waals surface area (Å²) in [5.41, 5.74) is 0.396. The van der Waals surface area contributed by atoms with Gasteiger partial charge in [-0.25, -0.2) is 9.18 Å². The Morgan fingerprint density at radius 1 is 1.16 bits per heavy atom. The molecule has 0 atom stereocenters. The first kappa shape index (κ1) is 16.9. The number of hydrogen-bond acceptors (Lipinski definition) is 4. The molecule has 1 saturated heterocycles. The second-order valence-corrected chi connectivity index (χ2v) is 5.81. The van der Waals surface area contributed by atoms with E-state index in [9.17, 15) is 19.1 Å². The van der Waals surface area contributed by atoms with Crippen LogP contribution in [0.25, 0.3) is 0 Å². The number of carbonyl (C=O) groups is 2. The predicted molar refractivity (Wildman–Crippen MR) is 85.9 cm³/mol. The maximum Gasteiger partial charge on any atom is 0.335 e. The summed E-state index contributed by atoms with van der Waals surface area (Å²) in [5, 5.41) is 18.5. The molecule has 0 aromatic heterocycles. The van der Waals surface area contributed by atoms with Crippen LogP contribution in [0.1, 0.15) is 26.3 Å². The highest BCUT2D eigenvalue weighted by Crippen LogP contribution is 2.22. The fraction of sp³-hybridized carbons (Fsp3) is 0.222. The van der Waals surface area contributed by atoms with Crippen molar-refractivity contribution in [1.82, 2.24) is 4.90 Å². The third-order valence-corrected chi connectivity index (χ3v) is 3.98. The first-order valence-corrected chi connectivity index (χ1v) is 7.65. The minimum Gasteiger partial charge on any atom is -0.508 e. The van der Waals surface area contributed by atoms with Crippen LogP contribution in [-0.4, -0.2) is 46.2 Å². The van der Waals surface area contributed by atoms with E-state index in [1.54, 1.807) is 18.2 Å². The lowest BCUT2D eigenvalue weighted by Gasteiger charge is -2.39. The van der Waals surface area contributed by atoms with E-state index in [1.807, 2.05) is 0 Å². The van der Waals surface area contributed by atoms with Gasteiger partial charge in [-0.15, -0.1) is 0 Å². The third kappa shape index (κ3) is 3.77. The number of ether oxygens (including phenoxy) is 1. The van der Waals surface area contributed by atoms with Crippen LogP contribution in [0.4, 0.5) is 4.39 Å². The number of aromatic carboxylic acids is 1. The highest BCUT2D eigenvalue weighted by atomic mass is 19.1. The van der Waals surface area contributed by atoms with Crippen molar-refractivity contribution >= 4 is 11.9 Å². The Hall–Kier alpha value is -2.93. The molecule has 2 N–H and O–H groups in total. The summed E-state index contributed by atoms with van der Waals surface area (Å²) in [4.78, 5) is 24.8. The number of nitrogens with zero attached hydrogens (tertiary/aromatic N) is 1. The van der Waals surface area contributed by atoms with Gasteiger partial charge in [0.05, 0.1) is 18.3 Å². The molecule has 25 heavy (non-hydrogen) atoms. The summed E-state index contributed by atoms with van der Waals surface area (Å²) in [7, 11) is 0. The van der Waals surface area contributed by atoms with Crippen molar-refractivity contribution in [2.45, 2.75) is 12.7 Å². The lowest BCUT2D eigenvalue weighted by Crippen LogP contribution is -2.54. The summed E-state index contributed by atoms with van der Waals surface area (Å²) in [6.45, 7) is 0.769. The molecule has 0 radical (unpaired) electrons. The largest absolute Gasteiger partial charge is 0.508 e. The molecule has 130 valence electrons. The van der Waals surface area contributed by atoms with Gasteiger partial charge in [-0.3, -0.25) is 4.79 Å². The maximum atomic E-state index is 13.5. The van der Waals surface area contributed by atoms with E-state index in [4.69, 9.17) is 9.84 Å². The smallest absolute Gasteiger partial charge is 0.335 e. The third-order valence-electron chi connectivity index (χ3n) is 3.98. The molecule has 1 heterocycles. The van der Waals surface area contributed by atoms with Gasteiger partial charge in [0.25, 0.3) is 5.91 Å². The number of rotatable bonds is 5. The van der Waals surface area contributed by atoms with Gasteiger partial charge < -0.3 is 19.8 Å². The number of phenols is 1. The van der Waals surface area contributed by atoms with Crippen molar-refractivity contribution in [2.24, 2.45) is 0 Å². The number of amides is 1. The van der Waals surface area contributed by atoms with Gasteiger partial charge in [0.2, 0.25) is 0 Å². The van der Waals surface area contributed by atoms with Gasteiger partial charge in [-0.2, -0.15) is 0 Å². The fourth-order valence-corrected chi connectivity index (χ4v) is 2.57. The van der Waals surface area contributed by atoms with Gasteiger partial charge in [0, 0.05) is 24.2 Å². The molecule has 1 aliphatic heterocycles. The Balaban J connectivity index is 1.57. The zero-order chi connectivity index (χ0) is 18.0. The summed E-state index contributed by atoms with van der Waals surface area (Å²) in [5.74, 6) is -2.23. The summed E-state index contributed by atoms with van der Waals surface area (Å²) in [6.07, 6.45) is -0.209. The van der Waals surface area contributed by atoms with E-state index >= 15 is 0 Å². The molecule has 0 bridgehead atoms. The van der Waals surface area contributed by atoms with E-state index in [0.29, 0.717) is 18.7 Å². The number of benzene rings is 2. The van der Waals surface area contributed by atoms with E-state index in [1.165, 1.54) is 23.1 Å². The zero-order valence-electron chi connectivity index (χ0n) is 13.2. The molecular weight excluding hydrogens is 329 g/mol. The number of aromatic hydroxyl groups is 1. The number of phenolic OH excluding ortho intramolecular Hbond substituents is 1. The quantitative estimate of drug-likeness (QED) is 0.868. The number of carboxylic acid groups (broad SMARTS) is 1. The molecule has 2 aromatic carbocycles. The number of halogens is 1. The SMILES string of the molecule is O=C(O)c1cc(O)cc(C(=O)N2CC(OCc3ccccc3F)C2)c1. The molecule has 7 heteroatoms. The van der Waals surface area contributed by atoms with Crippen LogP contribution in [0.15, 0.2) is 42.5 Å². The van der Waals surface area contributed by atoms with Gasteiger partial charge in [0.1, 0.15) is 11.6 Å². The molecule has 6 nitrogen and oxygen atoms in total. The van der Waals surface area contributed by atoms with Crippen molar-refractivity contribution in [3.05, 3.63) is 65.0 Å². The first-order chi connectivity index (χ1) is 11.9. The molecule has 0 aliphatic carbocycles. The minimum absolute atomic E-state index is 0.102. The van der Waals surface area contributed by atoms with Gasteiger partial charge in [0.15, 0.2) is 0 Å². The average molecular weight is 345 g/mol. The van der Waals surface area contributed by atoms with Crippen molar-refractivity contribution < 1.29 is 28.9 Å².